The fourth-order valence-corrected chi connectivity index (χ4v) is 2.27. The van der Waals surface area contributed by atoms with Crippen LogP contribution in [-0.4, -0.2) is 30.6 Å². The summed E-state index contributed by atoms with van der Waals surface area (Å²) in [6, 6.07) is 0. The van der Waals surface area contributed by atoms with Crippen LogP contribution in [0.2, 0.25) is 0 Å². The average molecular weight is 298 g/mol. The van der Waals surface area contributed by atoms with E-state index < -0.39 is 27.2 Å². The molecule has 0 fully saturated rings. The van der Waals surface area contributed by atoms with E-state index in [9.17, 15) is 6.87 Å². The lowest BCUT2D eigenvalue weighted by Crippen LogP contribution is -3.99. The molecule has 0 saturated carbocycles. The molecule has 0 bridgehead atoms. The first kappa shape index (κ1) is 11.0. The number of nitrogens with zero attached hydrogens (tertiary/aromatic N) is 2. The van der Waals surface area contributed by atoms with E-state index in [-0.39, 0.29) is 0 Å². The van der Waals surface area contributed by atoms with Gasteiger partial charge in [-0.15, -0.1) is 0 Å². The van der Waals surface area contributed by atoms with Crippen LogP contribution in [0.5, 0.6) is 0 Å². The molecule has 1 aliphatic heterocycles. The molecule has 1 rings (SSSR count). The van der Waals surface area contributed by atoms with Gasteiger partial charge in [0.2, 0.25) is 6.10 Å². The van der Waals surface area contributed by atoms with Crippen LogP contribution in [0.15, 0.2) is 9.98 Å². The van der Waals surface area contributed by atoms with Crippen molar-refractivity contribution < 1.29 is 31.0 Å². The molecule has 6 heteroatoms. The van der Waals surface area contributed by atoms with E-state index in [4.69, 9.17) is 3.07 Å². The van der Waals surface area contributed by atoms with E-state index in [0.717, 1.165) is 0 Å². The maximum atomic E-state index is 10.5. The highest BCUT2D eigenvalue weighted by atomic mass is 127. The van der Waals surface area contributed by atoms with E-state index in [1.165, 1.54) is 0 Å². The summed E-state index contributed by atoms with van der Waals surface area (Å²) < 4.78 is 25.7. The Morgan fingerprint density at radius 2 is 1.69 bits per heavy atom. The monoisotopic (exact) mass is 298 g/mol. The number of aliphatic imine (C=N–C) groups is 2. The lowest BCUT2D eigenvalue weighted by molar-refractivity contribution is -1.63. The molecule has 0 N–H and O–H groups in total. The Kier molecular flexibility index (Phi) is 4.23. The molecule has 0 amide bonds. The Morgan fingerprint density at radius 3 is 2.08 bits per heavy atom. The third-order valence-corrected chi connectivity index (χ3v) is 2.67. The van der Waals surface area contributed by atoms with Crippen LogP contribution in [0.25, 0.3) is 0 Å². The first-order valence-electron chi connectivity index (χ1n) is 3.86. The van der Waals surface area contributed by atoms with Crippen LogP contribution in [0.3, 0.4) is 0 Å². The van der Waals surface area contributed by atoms with Gasteiger partial charge in [-0.25, -0.2) is 0 Å². The smallest absolute Gasteiger partial charge is 0.396 e. The molecule has 0 aromatic heterocycles. The standard InChI is InChI=1S/C7H11IN2O3/c1-5-7(13-8(11)12)6(2)10-4-3-9-5/h7H,3-4H2,1-2H3. The molecule has 0 aromatic carbocycles. The minimum Gasteiger partial charge on any atom is -0.396 e. The van der Waals surface area contributed by atoms with Crippen molar-refractivity contribution in [1.29, 1.82) is 0 Å². The zero-order chi connectivity index (χ0) is 9.84. The van der Waals surface area contributed by atoms with Crippen molar-refractivity contribution in [3.05, 3.63) is 0 Å². The number of halogens is 1. The van der Waals surface area contributed by atoms with Gasteiger partial charge in [-0.3, -0.25) is 9.98 Å². The van der Waals surface area contributed by atoms with Crippen LogP contribution >= 0.6 is 0 Å². The molecule has 13 heavy (non-hydrogen) atoms. The SMILES string of the molecule is CC1=NCCN=C(C)C1O[I+2]([O-])[O-]. The normalized spacial score (nSPS) is 19.8. The summed E-state index contributed by atoms with van der Waals surface area (Å²) in [7, 11) is 0. The largest absolute Gasteiger partial charge is 0.507 e. The summed E-state index contributed by atoms with van der Waals surface area (Å²) in [5.41, 5.74) is 1.38. The molecule has 0 unspecified atom stereocenters. The van der Waals surface area contributed by atoms with Gasteiger partial charge in [-0.1, -0.05) is 0 Å². The number of rotatable bonds is 2. The quantitative estimate of drug-likeness (QED) is 0.481. The van der Waals surface area contributed by atoms with E-state index >= 15 is 0 Å². The Labute approximate surface area is 85.6 Å². The van der Waals surface area contributed by atoms with Gasteiger partial charge in [0.25, 0.3) is 0 Å². The van der Waals surface area contributed by atoms with Gasteiger partial charge in [-0.2, -0.15) is 0 Å². The molecule has 1 aliphatic rings. The molecule has 0 aromatic rings. The Morgan fingerprint density at radius 1 is 1.23 bits per heavy atom. The first-order valence-corrected chi connectivity index (χ1v) is 6.50. The van der Waals surface area contributed by atoms with Gasteiger partial charge in [0.05, 0.1) is 24.5 Å². The molecule has 5 nitrogen and oxygen atoms in total. The Balaban J connectivity index is 2.75. The van der Waals surface area contributed by atoms with E-state index in [1.807, 2.05) is 0 Å². The zero-order valence-electron chi connectivity index (χ0n) is 7.49. The fraction of sp³-hybridized carbons (Fsp3) is 0.714. The van der Waals surface area contributed by atoms with Crippen molar-refractivity contribution in [3.63, 3.8) is 0 Å². The molecule has 0 saturated heterocycles. The Hall–Kier alpha value is -0.0500. The lowest BCUT2D eigenvalue weighted by atomic mass is 10.1. The summed E-state index contributed by atoms with van der Waals surface area (Å²) in [5.74, 6) is 0. The van der Waals surface area contributed by atoms with Crippen molar-refractivity contribution in [3.8, 4) is 0 Å². The lowest BCUT2D eigenvalue weighted by Gasteiger charge is -2.07. The number of hydrogen-bond acceptors (Lipinski definition) is 5. The minimum atomic E-state index is -3.66. The van der Waals surface area contributed by atoms with Crippen LogP contribution < -0.4 is 27.9 Å². The summed E-state index contributed by atoms with van der Waals surface area (Å²) in [5, 5.41) is 0. The van der Waals surface area contributed by atoms with Crippen molar-refractivity contribution in [2.75, 3.05) is 13.1 Å². The van der Waals surface area contributed by atoms with Gasteiger partial charge in [0, 0.05) is 0 Å². The molecule has 0 aliphatic carbocycles. The van der Waals surface area contributed by atoms with Gasteiger partial charge >= 0.3 is 21.1 Å². The summed E-state index contributed by atoms with van der Waals surface area (Å²) in [4.78, 5) is 8.27. The highest BCUT2D eigenvalue weighted by Crippen LogP contribution is 2.00. The van der Waals surface area contributed by atoms with Crippen molar-refractivity contribution >= 4 is 11.4 Å². The van der Waals surface area contributed by atoms with Crippen LogP contribution in [0.1, 0.15) is 13.8 Å². The van der Waals surface area contributed by atoms with Gasteiger partial charge < -0.3 is 6.87 Å². The summed E-state index contributed by atoms with van der Waals surface area (Å²) >= 11 is -3.66. The topological polar surface area (TPSA) is 80.1 Å². The van der Waals surface area contributed by atoms with Gasteiger partial charge in [0.15, 0.2) is 0 Å². The van der Waals surface area contributed by atoms with Crippen LogP contribution in [0.4, 0.5) is 0 Å². The second kappa shape index (κ2) is 4.99. The maximum Gasteiger partial charge on any atom is 0.507 e. The van der Waals surface area contributed by atoms with E-state index in [0.29, 0.717) is 24.5 Å². The molecule has 0 radical (unpaired) electrons. The fourth-order valence-electron chi connectivity index (χ4n) is 1.12. The average Bonchev–Trinajstić information content (AvgIpc) is 2.18. The molecule has 74 valence electrons. The molecular formula is C7H11IN2O3. The zero-order valence-corrected chi connectivity index (χ0v) is 9.65. The first-order chi connectivity index (χ1) is 6.11. The molecule has 0 atom stereocenters. The second-order valence-electron chi connectivity index (χ2n) is 2.70. The second-order valence-corrected chi connectivity index (χ2v) is 4.29. The highest BCUT2D eigenvalue weighted by Gasteiger charge is 2.30. The predicted molar refractivity (Wildman–Crippen MR) is 40.8 cm³/mol. The molecule has 0 spiro atoms. The van der Waals surface area contributed by atoms with Gasteiger partial charge in [-0.05, 0) is 16.9 Å². The third-order valence-electron chi connectivity index (χ3n) is 1.74. The predicted octanol–water partition coefficient (Wildman–Crippen LogP) is -4.60. The van der Waals surface area contributed by atoms with Crippen molar-refractivity contribution in [2.45, 2.75) is 20.0 Å². The minimum absolute atomic E-state index is 0.553. The van der Waals surface area contributed by atoms with Gasteiger partial charge in [0.1, 0.15) is 0 Å². The van der Waals surface area contributed by atoms with E-state index in [2.05, 4.69) is 9.98 Å². The summed E-state index contributed by atoms with van der Waals surface area (Å²) in [6.07, 6.45) is -0.553. The number of hydrogen-bond donors (Lipinski definition) is 0. The third kappa shape index (κ3) is 3.29. The summed E-state index contributed by atoms with van der Waals surface area (Å²) in [6.45, 7) is 4.73. The van der Waals surface area contributed by atoms with Crippen LogP contribution in [0, 0.1) is 0 Å². The van der Waals surface area contributed by atoms with Crippen LogP contribution in [-0.2, 0) is 3.07 Å². The Bertz CT molecular complexity index is 220. The molecular weight excluding hydrogens is 287 g/mol. The van der Waals surface area contributed by atoms with Crippen molar-refractivity contribution in [1.82, 2.24) is 0 Å². The highest BCUT2D eigenvalue weighted by molar-refractivity contribution is 6.08. The maximum absolute atomic E-state index is 10.5. The molecule has 1 heterocycles. The van der Waals surface area contributed by atoms with E-state index in [1.54, 1.807) is 13.8 Å². The van der Waals surface area contributed by atoms with Crippen molar-refractivity contribution in [2.24, 2.45) is 9.98 Å².